The third kappa shape index (κ3) is 4.50. The standard InChI is InChI=1S/C21H29N3O3/c1-14(2)12-19-20(21(25)22-13-18-6-5-11-27-18)15(3)24(23-19)16-7-9-17(26-4)10-8-16/h7-10,14,18H,5-6,11-13H2,1-4H3,(H,22,25)/t18-/m1/s1. The number of benzene rings is 1. The molecule has 1 fully saturated rings. The summed E-state index contributed by atoms with van der Waals surface area (Å²) in [6.07, 6.45) is 2.95. The third-order valence-electron chi connectivity index (χ3n) is 4.85. The molecule has 6 nitrogen and oxygen atoms in total. The number of hydrogen-bond acceptors (Lipinski definition) is 4. The molecule has 3 rings (SSSR count). The SMILES string of the molecule is COc1ccc(-n2nc(CC(C)C)c(C(=O)NC[C@H]3CCCO3)c2C)cc1. The summed E-state index contributed by atoms with van der Waals surface area (Å²) in [4.78, 5) is 12.9. The summed E-state index contributed by atoms with van der Waals surface area (Å²) in [6.45, 7) is 7.55. The van der Waals surface area contributed by atoms with Crippen LogP contribution in [0.5, 0.6) is 5.75 Å². The molecule has 2 heterocycles. The lowest BCUT2D eigenvalue weighted by Crippen LogP contribution is -2.32. The highest BCUT2D eigenvalue weighted by Gasteiger charge is 2.24. The van der Waals surface area contributed by atoms with Crippen molar-refractivity contribution in [2.45, 2.75) is 46.1 Å². The highest BCUT2D eigenvalue weighted by molar-refractivity contribution is 5.96. The van der Waals surface area contributed by atoms with Crippen molar-refractivity contribution in [1.82, 2.24) is 15.1 Å². The van der Waals surface area contributed by atoms with Gasteiger partial charge in [-0.3, -0.25) is 4.79 Å². The van der Waals surface area contributed by atoms with E-state index >= 15 is 0 Å². The maximum absolute atomic E-state index is 12.9. The van der Waals surface area contributed by atoms with Crippen LogP contribution in [0, 0.1) is 12.8 Å². The van der Waals surface area contributed by atoms with Gasteiger partial charge in [-0.05, 0) is 56.4 Å². The second kappa shape index (κ2) is 8.57. The van der Waals surface area contributed by atoms with Crippen LogP contribution in [0.15, 0.2) is 24.3 Å². The van der Waals surface area contributed by atoms with Crippen LogP contribution in [0.2, 0.25) is 0 Å². The lowest BCUT2D eigenvalue weighted by atomic mass is 10.0. The Hall–Kier alpha value is -2.34. The zero-order chi connectivity index (χ0) is 19.4. The maximum Gasteiger partial charge on any atom is 0.255 e. The van der Waals surface area contributed by atoms with Gasteiger partial charge in [-0.1, -0.05) is 13.8 Å². The van der Waals surface area contributed by atoms with Crippen molar-refractivity contribution in [2.24, 2.45) is 5.92 Å². The number of carbonyl (C=O) groups is 1. The summed E-state index contributed by atoms with van der Waals surface area (Å²) >= 11 is 0. The van der Waals surface area contributed by atoms with E-state index < -0.39 is 0 Å². The minimum absolute atomic E-state index is 0.0709. The van der Waals surface area contributed by atoms with Crippen molar-refractivity contribution >= 4 is 5.91 Å². The monoisotopic (exact) mass is 371 g/mol. The van der Waals surface area contributed by atoms with Crippen LogP contribution in [0.3, 0.4) is 0 Å². The molecule has 0 radical (unpaired) electrons. The van der Waals surface area contributed by atoms with Gasteiger partial charge < -0.3 is 14.8 Å². The molecule has 0 spiro atoms. The van der Waals surface area contributed by atoms with E-state index in [1.54, 1.807) is 7.11 Å². The predicted octanol–water partition coefficient (Wildman–Crippen LogP) is 3.30. The zero-order valence-corrected chi connectivity index (χ0v) is 16.6. The fourth-order valence-corrected chi connectivity index (χ4v) is 3.46. The Bertz CT molecular complexity index is 775. The van der Waals surface area contributed by atoms with Gasteiger partial charge >= 0.3 is 0 Å². The van der Waals surface area contributed by atoms with E-state index in [9.17, 15) is 4.79 Å². The van der Waals surface area contributed by atoms with E-state index in [0.29, 0.717) is 18.0 Å². The summed E-state index contributed by atoms with van der Waals surface area (Å²) in [5, 5.41) is 7.80. The van der Waals surface area contributed by atoms with Gasteiger partial charge in [0.1, 0.15) is 5.75 Å². The average Bonchev–Trinajstić information content (AvgIpc) is 3.27. The van der Waals surface area contributed by atoms with Gasteiger partial charge in [0.15, 0.2) is 0 Å². The Balaban J connectivity index is 1.87. The second-order valence-electron chi connectivity index (χ2n) is 7.46. The van der Waals surface area contributed by atoms with Crippen LogP contribution in [0.1, 0.15) is 48.4 Å². The molecule has 6 heteroatoms. The normalized spacial score (nSPS) is 16.7. The van der Waals surface area contributed by atoms with E-state index in [-0.39, 0.29) is 12.0 Å². The topological polar surface area (TPSA) is 65.4 Å². The van der Waals surface area contributed by atoms with Crippen LogP contribution in [-0.4, -0.2) is 42.1 Å². The van der Waals surface area contributed by atoms with E-state index in [2.05, 4.69) is 19.2 Å². The molecule has 1 aliphatic rings. The predicted molar refractivity (Wildman–Crippen MR) is 105 cm³/mol. The third-order valence-corrected chi connectivity index (χ3v) is 4.85. The van der Waals surface area contributed by atoms with Gasteiger partial charge in [0.25, 0.3) is 5.91 Å². The van der Waals surface area contributed by atoms with Gasteiger partial charge in [-0.25, -0.2) is 4.68 Å². The number of amides is 1. The molecule has 0 aliphatic carbocycles. The van der Waals surface area contributed by atoms with E-state index in [1.165, 1.54) is 0 Å². The molecule has 27 heavy (non-hydrogen) atoms. The Morgan fingerprint density at radius 2 is 2.11 bits per heavy atom. The highest BCUT2D eigenvalue weighted by atomic mass is 16.5. The summed E-state index contributed by atoms with van der Waals surface area (Å²) < 4.78 is 12.7. The number of methoxy groups -OCH3 is 1. The van der Waals surface area contributed by atoms with E-state index in [1.807, 2.05) is 35.9 Å². The smallest absolute Gasteiger partial charge is 0.255 e. The summed E-state index contributed by atoms with van der Waals surface area (Å²) in [6, 6.07) is 7.70. The molecule has 146 valence electrons. The van der Waals surface area contributed by atoms with Gasteiger partial charge in [0.05, 0.1) is 35.9 Å². The number of nitrogens with zero attached hydrogens (tertiary/aromatic N) is 2. The molecule has 1 amide bonds. The van der Waals surface area contributed by atoms with Crippen molar-refractivity contribution in [3.05, 3.63) is 41.2 Å². The summed E-state index contributed by atoms with van der Waals surface area (Å²) in [5.41, 5.74) is 3.28. The number of carbonyl (C=O) groups excluding carboxylic acids is 1. The molecule has 1 atom stereocenters. The fourth-order valence-electron chi connectivity index (χ4n) is 3.46. The minimum Gasteiger partial charge on any atom is -0.497 e. The number of aromatic nitrogens is 2. The molecule has 1 aromatic heterocycles. The number of nitrogens with one attached hydrogen (secondary N) is 1. The largest absolute Gasteiger partial charge is 0.497 e. The van der Waals surface area contributed by atoms with Crippen molar-refractivity contribution < 1.29 is 14.3 Å². The molecular formula is C21H29N3O3. The minimum atomic E-state index is -0.0709. The summed E-state index contributed by atoms with van der Waals surface area (Å²) in [5.74, 6) is 1.13. The number of rotatable bonds is 7. The molecule has 2 aromatic rings. The molecule has 0 bridgehead atoms. The van der Waals surface area contributed by atoms with Gasteiger partial charge in [-0.2, -0.15) is 5.10 Å². The first kappa shape index (κ1) is 19.4. The van der Waals surface area contributed by atoms with E-state index in [0.717, 1.165) is 48.7 Å². The molecule has 1 aromatic carbocycles. The average molecular weight is 371 g/mol. The van der Waals surface area contributed by atoms with Crippen LogP contribution in [0.25, 0.3) is 5.69 Å². The molecular weight excluding hydrogens is 342 g/mol. The molecule has 1 N–H and O–H groups in total. The molecule has 1 saturated heterocycles. The fraction of sp³-hybridized carbons (Fsp3) is 0.524. The quantitative estimate of drug-likeness (QED) is 0.811. The second-order valence-corrected chi connectivity index (χ2v) is 7.46. The number of hydrogen-bond donors (Lipinski definition) is 1. The summed E-state index contributed by atoms with van der Waals surface area (Å²) in [7, 11) is 1.64. The Kier molecular flexibility index (Phi) is 6.16. The molecule has 0 unspecified atom stereocenters. The van der Waals surface area contributed by atoms with E-state index in [4.69, 9.17) is 14.6 Å². The Morgan fingerprint density at radius 3 is 2.70 bits per heavy atom. The zero-order valence-electron chi connectivity index (χ0n) is 16.6. The van der Waals surface area contributed by atoms with Crippen LogP contribution in [-0.2, 0) is 11.2 Å². The highest BCUT2D eigenvalue weighted by Crippen LogP contribution is 2.23. The van der Waals surface area contributed by atoms with Crippen molar-refractivity contribution in [3.8, 4) is 11.4 Å². The van der Waals surface area contributed by atoms with Gasteiger partial charge in [0.2, 0.25) is 0 Å². The van der Waals surface area contributed by atoms with Crippen molar-refractivity contribution in [3.63, 3.8) is 0 Å². The van der Waals surface area contributed by atoms with Crippen LogP contribution >= 0.6 is 0 Å². The van der Waals surface area contributed by atoms with Gasteiger partial charge in [0, 0.05) is 13.2 Å². The molecule has 0 saturated carbocycles. The maximum atomic E-state index is 12.9. The van der Waals surface area contributed by atoms with Crippen LogP contribution < -0.4 is 10.1 Å². The Labute approximate surface area is 160 Å². The molecule has 1 aliphatic heterocycles. The lowest BCUT2D eigenvalue weighted by Gasteiger charge is -2.12. The first-order valence-corrected chi connectivity index (χ1v) is 9.62. The van der Waals surface area contributed by atoms with Crippen molar-refractivity contribution in [1.29, 1.82) is 0 Å². The van der Waals surface area contributed by atoms with Crippen molar-refractivity contribution in [2.75, 3.05) is 20.3 Å². The first-order valence-electron chi connectivity index (χ1n) is 9.62. The first-order chi connectivity index (χ1) is 13.0. The lowest BCUT2D eigenvalue weighted by molar-refractivity contribution is 0.0856. The Morgan fingerprint density at radius 1 is 1.37 bits per heavy atom. The number of ether oxygens (including phenoxy) is 2. The van der Waals surface area contributed by atoms with Gasteiger partial charge in [-0.15, -0.1) is 0 Å². The van der Waals surface area contributed by atoms with Crippen LogP contribution in [0.4, 0.5) is 0 Å².